The van der Waals surface area contributed by atoms with E-state index in [0.717, 1.165) is 0 Å². The molecule has 2 atom stereocenters. The zero-order valence-corrected chi connectivity index (χ0v) is 23.5. The molecule has 1 amide bonds. The summed E-state index contributed by atoms with van der Waals surface area (Å²) in [5, 5.41) is 3.25. The van der Waals surface area contributed by atoms with Gasteiger partial charge in [0.15, 0.2) is 0 Å². The minimum atomic E-state index is -4.02. The smallest absolute Gasteiger partial charge is 0.261 e. The Labute approximate surface area is 231 Å². The number of morpholine rings is 1. The molecule has 1 heterocycles. The average Bonchev–Trinajstić information content (AvgIpc) is 2.85. The molecular weight excluding hydrogens is 573 g/mol. The monoisotopic (exact) mass is 597 g/mol. The molecule has 1 aliphatic rings. The second kappa shape index (κ2) is 11.2. The zero-order chi connectivity index (χ0) is 27.7. The van der Waals surface area contributed by atoms with Gasteiger partial charge in [0.1, 0.15) is 0 Å². The molecule has 9 nitrogen and oxygen atoms in total. The van der Waals surface area contributed by atoms with E-state index in [1.54, 1.807) is 0 Å². The highest BCUT2D eigenvalue weighted by molar-refractivity contribution is 7.92. The molecule has 2 N–H and O–H groups in total. The van der Waals surface area contributed by atoms with Crippen LogP contribution in [0.15, 0.2) is 76.5 Å². The maximum absolute atomic E-state index is 13.1. The molecule has 0 radical (unpaired) electrons. The number of anilines is 2. The van der Waals surface area contributed by atoms with Crippen LogP contribution in [0.25, 0.3) is 0 Å². The molecule has 2 unspecified atom stereocenters. The van der Waals surface area contributed by atoms with Crippen LogP contribution in [0.5, 0.6) is 0 Å². The van der Waals surface area contributed by atoms with Gasteiger partial charge in [0.25, 0.3) is 15.9 Å². The molecule has 1 aliphatic heterocycles. The van der Waals surface area contributed by atoms with Crippen LogP contribution in [-0.2, 0) is 24.8 Å². The zero-order valence-electron chi connectivity index (χ0n) is 20.4. The summed E-state index contributed by atoms with van der Waals surface area (Å²) in [6.45, 7) is 4.12. The Morgan fingerprint density at radius 2 is 1.39 bits per heavy atom. The predicted molar refractivity (Wildman–Crippen MR) is 147 cm³/mol. The van der Waals surface area contributed by atoms with Gasteiger partial charge in [0, 0.05) is 28.8 Å². The van der Waals surface area contributed by atoms with E-state index >= 15 is 0 Å². The first kappa shape index (κ1) is 28.3. The molecule has 38 heavy (non-hydrogen) atoms. The van der Waals surface area contributed by atoms with Crippen molar-refractivity contribution in [1.29, 1.82) is 0 Å². The lowest BCUT2D eigenvalue weighted by Gasteiger charge is -2.34. The first-order valence-corrected chi connectivity index (χ1v) is 15.2. The molecule has 0 aliphatic carbocycles. The number of hydrogen-bond acceptors (Lipinski definition) is 6. The highest BCUT2D eigenvalue weighted by Gasteiger charge is 2.32. The van der Waals surface area contributed by atoms with Gasteiger partial charge in [-0.2, -0.15) is 4.31 Å². The number of rotatable bonds is 7. The van der Waals surface area contributed by atoms with Crippen LogP contribution >= 0.6 is 23.2 Å². The van der Waals surface area contributed by atoms with Gasteiger partial charge in [0.2, 0.25) is 10.0 Å². The number of carbonyl (C=O) groups is 1. The predicted octanol–water partition coefficient (Wildman–Crippen LogP) is 4.84. The van der Waals surface area contributed by atoms with E-state index in [2.05, 4.69) is 10.0 Å². The van der Waals surface area contributed by atoms with Gasteiger partial charge in [-0.15, -0.1) is 0 Å². The Kier molecular flexibility index (Phi) is 8.36. The summed E-state index contributed by atoms with van der Waals surface area (Å²) in [6, 6.07) is 15.4. The summed E-state index contributed by atoms with van der Waals surface area (Å²) in [6.07, 6.45) is -0.452. The summed E-state index contributed by atoms with van der Waals surface area (Å²) in [5.41, 5.74) is 0.295. The molecule has 0 spiro atoms. The van der Waals surface area contributed by atoms with Gasteiger partial charge in [-0.3, -0.25) is 9.52 Å². The molecule has 202 valence electrons. The van der Waals surface area contributed by atoms with Gasteiger partial charge in [0.05, 0.1) is 33.2 Å². The van der Waals surface area contributed by atoms with Crippen LogP contribution in [-0.4, -0.2) is 52.3 Å². The van der Waals surface area contributed by atoms with E-state index in [4.69, 9.17) is 27.9 Å². The molecule has 3 aromatic rings. The molecule has 0 bridgehead atoms. The quantitative estimate of drug-likeness (QED) is 0.401. The fraction of sp³-hybridized carbons (Fsp3) is 0.240. The maximum atomic E-state index is 13.1. The van der Waals surface area contributed by atoms with Crippen molar-refractivity contribution in [3.63, 3.8) is 0 Å². The topological polar surface area (TPSA) is 122 Å². The second-order valence-electron chi connectivity index (χ2n) is 8.81. The van der Waals surface area contributed by atoms with Crippen molar-refractivity contribution >= 4 is 60.5 Å². The van der Waals surface area contributed by atoms with Crippen LogP contribution in [0, 0.1) is 0 Å². The summed E-state index contributed by atoms with van der Waals surface area (Å²) in [7, 11) is -7.77. The number of benzene rings is 3. The number of halogens is 2. The summed E-state index contributed by atoms with van der Waals surface area (Å²) in [4.78, 5) is 13.1. The van der Waals surface area contributed by atoms with Crippen molar-refractivity contribution < 1.29 is 26.4 Å². The van der Waals surface area contributed by atoms with E-state index < -0.39 is 26.0 Å². The summed E-state index contributed by atoms with van der Waals surface area (Å²) < 4.78 is 61.3. The Hall–Kier alpha value is -2.67. The van der Waals surface area contributed by atoms with Crippen molar-refractivity contribution in [1.82, 2.24) is 4.31 Å². The lowest BCUT2D eigenvalue weighted by molar-refractivity contribution is -0.0440. The van der Waals surface area contributed by atoms with E-state index in [1.165, 1.54) is 71.0 Å². The molecule has 1 saturated heterocycles. The van der Waals surface area contributed by atoms with Crippen LogP contribution < -0.4 is 10.0 Å². The molecule has 0 saturated carbocycles. The number of hydrogen-bond donors (Lipinski definition) is 2. The number of sulfonamides is 2. The van der Waals surface area contributed by atoms with E-state index in [1.807, 2.05) is 13.8 Å². The minimum absolute atomic E-state index is 0.0107. The van der Waals surface area contributed by atoms with Crippen molar-refractivity contribution in [3.05, 3.63) is 82.3 Å². The van der Waals surface area contributed by atoms with Gasteiger partial charge in [-0.1, -0.05) is 23.2 Å². The van der Waals surface area contributed by atoms with Crippen molar-refractivity contribution in [2.24, 2.45) is 0 Å². The Morgan fingerprint density at radius 3 is 2.00 bits per heavy atom. The van der Waals surface area contributed by atoms with E-state index in [0.29, 0.717) is 10.7 Å². The first-order valence-electron chi connectivity index (χ1n) is 11.5. The van der Waals surface area contributed by atoms with Crippen LogP contribution in [0.4, 0.5) is 11.4 Å². The molecule has 1 fully saturated rings. The van der Waals surface area contributed by atoms with Crippen molar-refractivity contribution in [3.8, 4) is 0 Å². The molecule has 0 aromatic heterocycles. The Balaban J connectivity index is 1.53. The summed E-state index contributed by atoms with van der Waals surface area (Å²) in [5.74, 6) is -0.646. The number of amides is 1. The van der Waals surface area contributed by atoms with Crippen LogP contribution in [0.3, 0.4) is 0 Å². The largest absolute Gasteiger partial charge is 0.373 e. The number of nitrogens with one attached hydrogen (secondary N) is 2. The highest BCUT2D eigenvalue weighted by atomic mass is 35.5. The fourth-order valence-electron chi connectivity index (χ4n) is 4.00. The highest BCUT2D eigenvalue weighted by Crippen LogP contribution is 2.27. The number of ether oxygens (including phenoxy) is 1. The Bertz CT molecular complexity index is 1540. The first-order chi connectivity index (χ1) is 17.8. The van der Waals surface area contributed by atoms with Crippen LogP contribution in [0.1, 0.15) is 24.2 Å². The van der Waals surface area contributed by atoms with E-state index in [9.17, 15) is 21.6 Å². The Morgan fingerprint density at radius 1 is 0.842 bits per heavy atom. The lowest BCUT2D eigenvalue weighted by atomic mass is 10.1. The third-order valence-corrected chi connectivity index (χ3v) is 9.44. The number of carbonyl (C=O) groups excluding carboxylic acids is 1. The third kappa shape index (κ3) is 6.48. The molecular formula is C25H25Cl2N3O6S2. The normalized spacial score (nSPS) is 18.6. The van der Waals surface area contributed by atoms with E-state index in [-0.39, 0.29) is 51.4 Å². The van der Waals surface area contributed by atoms with Crippen LogP contribution in [0.2, 0.25) is 10.0 Å². The SMILES string of the molecule is CC1CN(S(=O)(=O)c2ccc(NC(=O)c3cc(Cl)ccc3NS(=O)(=O)c3ccc(Cl)cc3)cc2)CC(C)O1. The maximum Gasteiger partial charge on any atom is 0.261 e. The second-order valence-corrected chi connectivity index (χ2v) is 13.3. The third-order valence-electron chi connectivity index (χ3n) is 5.73. The number of nitrogens with zero attached hydrogens (tertiary/aromatic N) is 1. The fourth-order valence-corrected chi connectivity index (χ4v) is 6.96. The lowest BCUT2D eigenvalue weighted by Crippen LogP contribution is -2.48. The minimum Gasteiger partial charge on any atom is -0.373 e. The van der Waals surface area contributed by atoms with Crippen molar-refractivity contribution in [2.75, 3.05) is 23.1 Å². The van der Waals surface area contributed by atoms with Gasteiger partial charge < -0.3 is 10.1 Å². The van der Waals surface area contributed by atoms with Gasteiger partial charge >= 0.3 is 0 Å². The molecule has 3 aromatic carbocycles. The van der Waals surface area contributed by atoms with Gasteiger partial charge in [-0.25, -0.2) is 16.8 Å². The standard InChI is InChI=1S/C25H25Cl2N3O6S2/c1-16-14-30(15-17(2)36-16)38(34,35)22-10-6-20(7-11-22)28-25(31)23-13-19(27)5-12-24(23)29-37(32,33)21-8-3-18(26)4-9-21/h3-13,16-17,29H,14-15H2,1-2H3,(H,28,31). The molecule has 4 rings (SSSR count). The van der Waals surface area contributed by atoms with Gasteiger partial charge in [-0.05, 0) is 80.6 Å². The molecule has 13 heteroatoms. The van der Waals surface area contributed by atoms with Crippen molar-refractivity contribution in [2.45, 2.75) is 35.8 Å². The summed E-state index contributed by atoms with van der Waals surface area (Å²) >= 11 is 11.9. The average molecular weight is 599 g/mol.